The standard InChI is InChI=1S/C12H17ClN2O4S/c1-6(2)5-7(10(16)18-3)14-12-15-9(13)8(20-12)11(17)19-4/h6-7H,5H2,1-4H3,(H,14,15). The van der Waals surface area contributed by atoms with E-state index in [1.807, 2.05) is 13.8 Å². The van der Waals surface area contributed by atoms with Crippen molar-refractivity contribution < 1.29 is 19.1 Å². The van der Waals surface area contributed by atoms with Gasteiger partial charge in [0.25, 0.3) is 0 Å². The van der Waals surface area contributed by atoms with Crippen LogP contribution in [0.25, 0.3) is 0 Å². The van der Waals surface area contributed by atoms with Crippen LogP contribution in [0.3, 0.4) is 0 Å². The minimum absolute atomic E-state index is 0.0533. The zero-order valence-electron chi connectivity index (χ0n) is 11.7. The van der Waals surface area contributed by atoms with Crippen LogP contribution in [0.2, 0.25) is 5.15 Å². The number of carbonyl (C=O) groups is 2. The summed E-state index contributed by atoms with van der Waals surface area (Å²) in [6.07, 6.45) is 0.581. The molecule has 0 radical (unpaired) electrons. The van der Waals surface area contributed by atoms with Gasteiger partial charge >= 0.3 is 11.9 Å². The third kappa shape index (κ3) is 4.35. The first-order chi connectivity index (χ1) is 9.38. The molecule has 0 saturated carbocycles. The van der Waals surface area contributed by atoms with Crippen molar-refractivity contribution in [3.63, 3.8) is 0 Å². The van der Waals surface area contributed by atoms with Crippen molar-refractivity contribution in [2.75, 3.05) is 19.5 Å². The molecule has 1 heterocycles. The maximum absolute atomic E-state index is 11.7. The summed E-state index contributed by atoms with van der Waals surface area (Å²) in [6, 6.07) is -0.535. The van der Waals surface area contributed by atoms with E-state index in [0.29, 0.717) is 17.5 Å². The zero-order chi connectivity index (χ0) is 15.3. The van der Waals surface area contributed by atoms with E-state index in [1.54, 1.807) is 0 Å². The van der Waals surface area contributed by atoms with Gasteiger partial charge in [0, 0.05) is 0 Å². The summed E-state index contributed by atoms with van der Waals surface area (Å²) in [7, 11) is 2.59. The van der Waals surface area contributed by atoms with Crippen LogP contribution in [0.15, 0.2) is 0 Å². The largest absolute Gasteiger partial charge is 0.467 e. The van der Waals surface area contributed by atoms with Crippen molar-refractivity contribution in [3.8, 4) is 0 Å². The third-order valence-electron chi connectivity index (χ3n) is 2.45. The second-order valence-electron chi connectivity index (χ2n) is 4.48. The van der Waals surface area contributed by atoms with Gasteiger partial charge in [0.1, 0.15) is 6.04 Å². The Balaban J connectivity index is 2.88. The van der Waals surface area contributed by atoms with Crippen molar-refractivity contribution in [1.29, 1.82) is 0 Å². The summed E-state index contributed by atoms with van der Waals surface area (Å²) in [6.45, 7) is 3.98. The first-order valence-electron chi connectivity index (χ1n) is 5.98. The Bertz CT molecular complexity index is 490. The van der Waals surface area contributed by atoms with Crippen LogP contribution >= 0.6 is 22.9 Å². The highest BCUT2D eigenvalue weighted by atomic mass is 35.5. The van der Waals surface area contributed by atoms with Gasteiger partial charge in [-0.05, 0) is 12.3 Å². The number of halogens is 1. The summed E-state index contributed by atoms with van der Waals surface area (Å²) in [5, 5.41) is 3.38. The first kappa shape index (κ1) is 16.7. The van der Waals surface area contributed by atoms with Gasteiger partial charge in [-0.3, -0.25) is 0 Å². The topological polar surface area (TPSA) is 77.5 Å². The molecule has 1 aromatic rings. The number of carbonyl (C=O) groups excluding carboxylic acids is 2. The van der Waals surface area contributed by atoms with E-state index in [9.17, 15) is 9.59 Å². The van der Waals surface area contributed by atoms with Crippen LogP contribution in [0, 0.1) is 5.92 Å². The van der Waals surface area contributed by atoms with Crippen LogP contribution in [0.1, 0.15) is 29.9 Å². The molecule has 1 aromatic heterocycles. The van der Waals surface area contributed by atoms with E-state index in [-0.39, 0.29) is 16.0 Å². The number of nitrogens with one attached hydrogen (secondary N) is 1. The normalized spacial score (nSPS) is 12.1. The number of methoxy groups -OCH3 is 2. The molecular formula is C12H17ClN2O4S. The lowest BCUT2D eigenvalue weighted by Crippen LogP contribution is -2.32. The molecule has 0 aliphatic heterocycles. The average molecular weight is 321 g/mol. The number of anilines is 1. The minimum atomic E-state index is -0.556. The van der Waals surface area contributed by atoms with Crippen LogP contribution in [0.4, 0.5) is 5.13 Å². The number of thiazole rings is 1. The van der Waals surface area contributed by atoms with Gasteiger partial charge in [-0.1, -0.05) is 36.8 Å². The second kappa shape index (κ2) is 7.44. The molecule has 6 nitrogen and oxygen atoms in total. The molecule has 0 aromatic carbocycles. The Morgan fingerprint density at radius 1 is 1.35 bits per heavy atom. The predicted molar refractivity (Wildman–Crippen MR) is 77.3 cm³/mol. The van der Waals surface area contributed by atoms with Crippen LogP contribution in [-0.4, -0.2) is 37.2 Å². The fourth-order valence-electron chi connectivity index (χ4n) is 1.56. The molecule has 1 atom stereocenters. The van der Waals surface area contributed by atoms with Crippen molar-refractivity contribution in [1.82, 2.24) is 4.98 Å². The molecule has 0 bridgehead atoms. The van der Waals surface area contributed by atoms with Gasteiger partial charge in [0.2, 0.25) is 0 Å². The SMILES string of the molecule is COC(=O)c1sc(NC(CC(C)C)C(=O)OC)nc1Cl. The Morgan fingerprint density at radius 3 is 2.50 bits per heavy atom. The number of hydrogen-bond donors (Lipinski definition) is 1. The van der Waals surface area contributed by atoms with Gasteiger partial charge in [-0.15, -0.1) is 0 Å². The summed E-state index contributed by atoms with van der Waals surface area (Å²) in [5.41, 5.74) is 0. The molecule has 0 spiro atoms. The monoisotopic (exact) mass is 320 g/mol. The summed E-state index contributed by atoms with van der Waals surface area (Å²) in [4.78, 5) is 27.4. The molecular weight excluding hydrogens is 304 g/mol. The Kier molecular flexibility index (Phi) is 6.22. The molecule has 112 valence electrons. The van der Waals surface area contributed by atoms with Crippen LogP contribution in [-0.2, 0) is 14.3 Å². The van der Waals surface area contributed by atoms with Gasteiger partial charge in [-0.2, -0.15) is 0 Å². The Labute approximate surface area is 126 Å². The molecule has 1 unspecified atom stereocenters. The highest BCUT2D eigenvalue weighted by Gasteiger charge is 2.24. The van der Waals surface area contributed by atoms with Gasteiger partial charge < -0.3 is 14.8 Å². The fourth-order valence-corrected chi connectivity index (χ4v) is 2.71. The number of nitrogens with zero attached hydrogens (tertiary/aromatic N) is 1. The lowest BCUT2D eigenvalue weighted by molar-refractivity contribution is -0.141. The molecule has 0 aliphatic carbocycles. The lowest BCUT2D eigenvalue weighted by Gasteiger charge is -2.17. The molecule has 0 saturated heterocycles. The number of rotatable bonds is 6. The molecule has 8 heteroatoms. The molecule has 1 rings (SSSR count). The minimum Gasteiger partial charge on any atom is -0.467 e. The first-order valence-corrected chi connectivity index (χ1v) is 7.17. The predicted octanol–water partition coefficient (Wildman–Crippen LogP) is 2.58. The lowest BCUT2D eigenvalue weighted by atomic mass is 10.0. The van der Waals surface area contributed by atoms with E-state index in [0.717, 1.165) is 11.3 Å². The number of esters is 2. The number of hydrogen-bond acceptors (Lipinski definition) is 7. The quantitative estimate of drug-likeness (QED) is 0.812. The van der Waals surface area contributed by atoms with Crippen LogP contribution < -0.4 is 5.32 Å². The maximum Gasteiger partial charge on any atom is 0.351 e. The highest BCUT2D eigenvalue weighted by molar-refractivity contribution is 7.18. The average Bonchev–Trinajstić information content (AvgIpc) is 2.76. The van der Waals surface area contributed by atoms with Gasteiger partial charge in [0.05, 0.1) is 14.2 Å². The fraction of sp³-hybridized carbons (Fsp3) is 0.583. The van der Waals surface area contributed by atoms with Gasteiger partial charge in [0.15, 0.2) is 15.2 Å². The summed E-state index contributed by atoms with van der Waals surface area (Å²) >= 11 is 6.90. The van der Waals surface area contributed by atoms with E-state index in [1.165, 1.54) is 14.2 Å². The van der Waals surface area contributed by atoms with Crippen molar-refractivity contribution >= 4 is 40.0 Å². The maximum atomic E-state index is 11.7. The van der Waals surface area contributed by atoms with Crippen molar-refractivity contribution in [2.45, 2.75) is 26.3 Å². The molecule has 20 heavy (non-hydrogen) atoms. The number of aromatic nitrogens is 1. The van der Waals surface area contributed by atoms with E-state index in [2.05, 4.69) is 15.0 Å². The van der Waals surface area contributed by atoms with Crippen LogP contribution in [0.5, 0.6) is 0 Å². The molecule has 1 N–H and O–H groups in total. The third-order valence-corrected chi connectivity index (χ3v) is 3.80. The Morgan fingerprint density at radius 2 is 2.00 bits per heavy atom. The van der Waals surface area contributed by atoms with E-state index >= 15 is 0 Å². The zero-order valence-corrected chi connectivity index (χ0v) is 13.3. The van der Waals surface area contributed by atoms with E-state index < -0.39 is 12.0 Å². The Hall–Kier alpha value is -1.34. The second-order valence-corrected chi connectivity index (χ2v) is 5.84. The highest BCUT2D eigenvalue weighted by Crippen LogP contribution is 2.28. The smallest absolute Gasteiger partial charge is 0.351 e. The van der Waals surface area contributed by atoms with E-state index in [4.69, 9.17) is 16.3 Å². The molecule has 0 fully saturated rings. The van der Waals surface area contributed by atoms with Crippen molar-refractivity contribution in [2.24, 2.45) is 5.92 Å². The summed E-state index contributed by atoms with van der Waals surface area (Å²) in [5.74, 6) is -0.647. The molecule has 0 amide bonds. The number of ether oxygens (including phenoxy) is 2. The molecule has 0 aliphatic rings. The van der Waals surface area contributed by atoms with Gasteiger partial charge in [-0.25, -0.2) is 14.6 Å². The van der Waals surface area contributed by atoms with Crippen molar-refractivity contribution in [3.05, 3.63) is 10.0 Å². The summed E-state index contributed by atoms with van der Waals surface area (Å²) < 4.78 is 9.34.